The normalized spacial score (nSPS) is 10.4. The first-order chi connectivity index (χ1) is 16.9. The Labute approximate surface area is 202 Å². The Morgan fingerprint density at radius 1 is 1.03 bits per heavy atom. The number of methoxy groups -OCH3 is 1. The Morgan fingerprint density at radius 3 is 2.29 bits per heavy atom. The van der Waals surface area contributed by atoms with Gasteiger partial charge in [0.15, 0.2) is 11.5 Å². The first kappa shape index (κ1) is 23.3. The number of ether oxygens (including phenoxy) is 2. The van der Waals surface area contributed by atoms with E-state index in [9.17, 15) is 15.4 Å². The third-order valence-corrected chi connectivity index (χ3v) is 5.57. The molecule has 8 nitrogen and oxygen atoms in total. The number of nitrogens with two attached hydrogens (primary N) is 1. The molecule has 0 fully saturated rings. The number of nitriles is 1. The molecule has 0 amide bonds. The summed E-state index contributed by atoms with van der Waals surface area (Å²) in [5.41, 5.74) is 9.19. The zero-order valence-electron chi connectivity index (χ0n) is 19.2. The van der Waals surface area contributed by atoms with Crippen molar-refractivity contribution in [3.8, 4) is 39.8 Å². The SMILES string of the molecule is COc1cc(-c2c(C#N)c(N)nc(C)c2-c2ccccc2)c([N+](=O)[O-])cc1OCc1ccccc1. The van der Waals surface area contributed by atoms with E-state index in [1.54, 1.807) is 6.92 Å². The second kappa shape index (κ2) is 9.93. The van der Waals surface area contributed by atoms with Crippen molar-refractivity contribution in [2.24, 2.45) is 0 Å². The van der Waals surface area contributed by atoms with Crippen LogP contribution in [0.4, 0.5) is 11.5 Å². The van der Waals surface area contributed by atoms with Crippen LogP contribution in [0.25, 0.3) is 22.3 Å². The molecule has 1 aromatic heterocycles. The van der Waals surface area contributed by atoms with Gasteiger partial charge < -0.3 is 15.2 Å². The third kappa shape index (κ3) is 4.61. The lowest BCUT2D eigenvalue weighted by Crippen LogP contribution is -2.05. The highest BCUT2D eigenvalue weighted by Gasteiger charge is 2.28. The van der Waals surface area contributed by atoms with Crippen molar-refractivity contribution in [3.05, 3.63) is 99.7 Å². The third-order valence-electron chi connectivity index (χ3n) is 5.57. The molecule has 0 atom stereocenters. The molecule has 0 bridgehead atoms. The minimum absolute atomic E-state index is 0.00245. The van der Waals surface area contributed by atoms with Gasteiger partial charge in [-0.2, -0.15) is 5.26 Å². The van der Waals surface area contributed by atoms with Crippen LogP contribution in [0.1, 0.15) is 16.8 Å². The average Bonchev–Trinajstić information content (AvgIpc) is 2.87. The first-order valence-corrected chi connectivity index (χ1v) is 10.7. The zero-order valence-corrected chi connectivity index (χ0v) is 19.2. The summed E-state index contributed by atoms with van der Waals surface area (Å²) in [6, 6.07) is 23.6. The summed E-state index contributed by atoms with van der Waals surface area (Å²) in [4.78, 5) is 16.0. The van der Waals surface area contributed by atoms with Gasteiger partial charge in [0.05, 0.1) is 23.7 Å². The average molecular weight is 466 g/mol. The van der Waals surface area contributed by atoms with E-state index in [1.165, 1.54) is 19.2 Å². The number of hydrogen-bond acceptors (Lipinski definition) is 7. The van der Waals surface area contributed by atoms with Crippen molar-refractivity contribution < 1.29 is 14.4 Å². The van der Waals surface area contributed by atoms with Crippen molar-refractivity contribution in [1.82, 2.24) is 4.98 Å². The van der Waals surface area contributed by atoms with Crippen LogP contribution in [0.3, 0.4) is 0 Å². The standard InChI is InChI=1S/C27H22N4O4/c1-17-25(19-11-7-4-8-12-19)26(21(15-28)27(29)30-17)20-13-23(34-2)24(14-22(20)31(32)33)35-16-18-9-5-3-6-10-18/h3-14H,16H2,1-2H3,(H2,29,30). The molecule has 0 aliphatic rings. The fourth-order valence-corrected chi connectivity index (χ4v) is 3.98. The maximum absolute atomic E-state index is 12.2. The Hall–Kier alpha value is -4.90. The smallest absolute Gasteiger partial charge is 0.281 e. The molecule has 0 saturated heterocycles. The lowest BCUT2D eigenvalue weighted by Gasteiger charge is -2.18. The Morgan fingerprint density at radius 2 is 1.69 bits per heavy atom. The summed E-state index contributed by atoms with van der Waals surface area (Å²) in [7, 11) is 1.45. The van der Waals surface area contributed by atoms with Crippen LogP contribution in [0.2, 0.25) is 0 Å². The minimum atomic E-state index is -0.508. The molecule has 2 N–H and O–H groups in total. The van der Waals surface area contributed by atoms with Crippen LogP contribution in [-0.4, -0.2) is 17.0 Å². The molecule has 35 heavy (non-hydrogen) atoms. The molecule has 0 spiro atoms. The largest absolute Gasteiger partial charge is 0.493 e. The quantitative estimate of drug-likeness (QED) is 0.275. The van der Waals surface area contributed by atoms with E-state index < -0.39 is 4.92 Å². The molecule has 0 aliphatic carbocycles. The van der Waals surface area contributed by atoms with Gasteiger partial charge in [0, 0.05) is 16.8 Å². The molecule has 0 unspecified atom stereocenters. The fourth-order valence-electron chi connectivity index (χ4n) is 3.98. The molecular weight excluding hydrogens is 444 g/mol. The van der Waals surface area contributed by atoms with Crippen LogP contribution in [0.5, 0.6) is 11.5 Å². The number of nitro groups is 1. The molecule has 0 aliphatic heterocycles. The molecule has 3 aromatic carbocycles. The van der Waals surface area contributed by atoms with Crippen LogP contribution < -0.4 is 15.2 Å². The van der Waals surface area contributed by atoms with Crippen molar-refractivity contribution in [1.29, 1.82) is 5.26 Å². The number of hydrogen-bond donors (Lipinski definition) is 1. The van der Waals surface area contributed by atoms with E-state index in [2.05, 4.69) is 11.1 Å². The molecule has 0 saturated carbocycles. The lowest BCUT2D eigenvalue weighted by atomic mass is 9.89. The van der Waals surface area contributed by atoms with Crippen molar-refractivity contribution in [2.75, 3.05) is 12.8 Å². The van der Waals surface area contributed by atoms with Crippen LogP contribution in [-0.2, 0) is 6.61 Å². The van der Waals surface area contributed by atoms with Crippen LogP contribution in [0.15, 0.2) is 72.8 Å². The Kier molecular flexibility index (Phi) is 6.60. The highest BCUT2D eigenvalue weighted by Crippen LogP contribution is 2.46. The van der Waals surface area contributed by atoms with Gasteiger partial charge in [-0.3, -0.25) is 10.1 Å². The molecular formula is C27H22N4O4. The zero-order chi connectivity index (χ0) is 24.9. The fraction of sp³-hybridized carbons (Fsp3) is 0.111. The second-order valence-electron chi connectivity index (χ2n) is 7.74. The van der Waals surface area contributed by atoms with Gasteiger partial charge in [-0.25, -0.2) is 4.98 Å². The predicted octanol–water partition coefficient (Wildman–Crippen LogP) is 5.67. The number of nitro benzene ring substituents is 1. The van der Waals surface area contributed by atoms with E-state index in [4.69, 9.17) is 15.2 Å². The van der Waals surface area contributed by atoms with Gasteiger partial charge in [-0.05, 0) is 24.1 Å². The summed E-state index contributed by atoms with van der Waals surface area (Å²) in [5.74, 6) is 0.500. The molecule has 1 heterocycles. The summed E-state index contributed by atoms with van der Waals surface area (Å²) in [5, 5.41) is 22.2. The summed E-state index contributed by atoms with van der Waals surface area (Å²) < 4.78 is 11.4. The van der Waals surface area contributed by atoms with Gasteiger partial charge in [0.25, 0.3) is 5.69 Å². The summed E-state index contributed by atoms with van der Waals surface area (Å²) in [6.07, 6.45) is 0. The van der Waals surface area contributed by atoms with Crippen molar-refractivity contribution in [3.63, 3.8) is 0 Å². The maximum Gasteiger partial charge on any atom is 0.281 e. The number of aromatic nitrogens is 1. The van der Waals surface area contributed by atoms with Crippen LogP contribution >= 0.6 is 0 Å². The van der Waals surface area contributed by atoms with E-state index in [1.807, 2.05) is 60.7 Å². The molecule has 0 radical (unpaired) electrons. The lowest BCUT2D eigenvalue weighted by molar-refractivity contribution is -0.384. The van der Waals surface area contributed by atoms with Crippen LogP contribution in [0, 0.1) is 28.4 Å². The maximum atomic E-state index is 12.2. The molecule has 4 aromatic rings. The number of nitrogen functional groups attached to an aromatic ring is 1. The monoisotopic (exact) mass is 466 g/mol. The highest BCUT2D eigenvalue weighted by molar-refractivity contribution is 5.94. The Bertz CT molecular complexity index is 1430. The van der Waals surface area contributed by atoms with Gasteiger partial charge >= 0.3 is 0 Å². The van der Waals surface area contributed by atoms with E-state index >= 15 is 0 Å². The Balaban J connectivity index is 1.96. The predicted molar refractivity (Wildman–Crippen MR) is 133 cm³/mol. The number of pyridine rings is 1. The van der Waals surface area contributed by atoms with Gasteiger partial charge in [0.2, 0.25) is 0 Å². The van der Waals surface area contributed by atoms with Gasteiger partial charge in [-0.15, -0.1) is 0 Å². The first-order valence-electron chi connectivity index (χ1n) is 10.7. The number of aryl methyl sites for hydroxylation is 1. The molecule has 8 heteroatoms. The topological polar surface area (TPSA) is 124 Å². The molecule has 4 rings (SSSR count). The molecule has 174 valence electrons. The minimum Gasteiger partial charge on any atom is -0.493 e. The van der Waals surface area contributed by atoms with Gasteiger partial charge in [0.1, 0.15) is 24.1 Å². The number of anilines is 1. The number of nitrogens with zero attached hydrogens (tertiary/aromatic N) is 3. The van der Waals surface area contributed by atoms with E-state index in [0.717, 1.165) is 11.1 Å². The summed E-state index contributed by atoms with van der Waals surface area (Å²) >= 11 is 0. The highest BCUT2D eigenvalue weighted by atomic mass is 16.6. The summed E-state index contributed by atoms with van der Waals surface area (Å²) in [6.45, 7) is 1.96. The van der Waals surface area contributed by atoms with Crippen molar-refractivity contribution in [2.45, 2.75) is 13.5 Å². The number of rotatable bonds is 7. The van der Waals surface area contributed by atoms with E-state index in [0.29, 0.717) is 16.8 Å². The number of benzene rings is 3. The second-order valence-corrected chi connectivity index (χ2v) is 7.74. The van der Waals surface area contributed by atoms with Crippen molar-refractivity contribution >= 4 is 11.5 Å². The van der Waals surface area contributed by atoms with E-state index in [-0.39, 0.29) is 40.7 Å². The van der Waals surface area contributed by atoms with Gasteiger partial charge in [-0.1, -0.05) is 60.7 Å².